The molecule has 2 N–H and O–H groups in total. The van der Waals surface area contributed by atoms with E-state index in [1.807, 2.05) is 19.1 Å². The Balaban J connectivity index is 1.71. The third kappa shape index (κ3) is 3.11. The molecule has 2 aromatic heterocycles. The van der Waals surface area contributed by atoms with Crippen molar-refractivity contribution in [3.63, 3.8) is 0 Å². The van der Waals surface area contributed by atoms with Gasteiger partial charge in [-0.25, -0.2) is 22.1 Å². The van der Waals surface area contributed by atoms with Gasteiger partial charge in [0.2, 0.25) is 5.95 Å². The van der Waals surface area contributed by atoms with E-state index in [1.165, 1.54) is 8.65 Å². The molecule has 0 atom stereocenters. The summed E-state index contributed by atoms with van der Waals surface area (Å²) in [5, 5.41) is 5.09. The summed E-state index contributed by atoms with van der Waals surface area (Å²) in [6.07, 6.45) is 4.94. The number of hydrogen-bond acceptors (Lipinski definition) is 5. The summed E-state index contributed by atoms with van der Waals surface area (Å²) in [6.45, 7) is 1.84. The van der Waals surface area contributed by atoms with Gasteiger partial charge in [-0.2, -0.15) is 5.10 Å². The Kier molecular flexibility index (Phi) is 4.04. The number of aryl methyl sites for hydroxylation is 1. The van der Waals surface area contributed by atoms with Crippen LogP contribution in [0.4, 0.5) is 5.95 Å². The van der Waals surface area contributed by atoms with Gasteiger partial charge in [0.15, 0.2) is 0 Å². The van der Waals surface area contributed by atoms with Crippen LogP contribution in [0.5, 0.6) is 0 Å². The predicted molar refractivity (Wildman–Crippen MR) is 105 cm³/mol. The van der Waals surface area contributed by atoms with Crippen LogP contribution in [0.2, 0.25) is 0 Å². The molecule has 0 aliphatic rings. The fourth-order valence-corrected chi connectivity index (χ4v) is 4.23. The zero-order chi connectivity index (χ0) is 19.0. The van der Waals surface area contributed by atoms with Crippen molar-refractivity contribution in [2.75, 3.05) is 5.73 Å². The van der Waals surface area contributed by atoms with Crippen molar-refractivity contribution in [3.8, 4) is 0 Å². The SMILES string of the molecule is Cc1cn(N=Cc2ccc3c(ccn3S(=O)(=O)c3ccccc3)c2)c(N)n1. The molecule has 0 spiro atoms. The second kappa shape index (κ2) is 6.40. The van der Waals surface area contributed by atoms with E-state index in [2.05, 4.69) is 10.1 Å². The van der Waals surface area contributed by atoms with Gasteiger partial charge in [0.05, 0.1) is 28.5 Å². The van der Waals surface area contributed by atoms with Crippen LogP contribution in [-0.2, 0) is 10.0 Å². The summed E-state index contributed by atoms with van der Waals surface area (Å²) in [4.78, 5) is 4.34. The van der Waals surface area contributed by atoms with Gasteiger partial charge < -0.3 is 5.73 Å². The number of nitrogens with zero attached hydrogens (tertiary/aromatic N) is 4. The maximum atomic E-state index is 12.9. The van der Waals surface area contributed by atoms with Crippen molar-refractivity contribution < 1.29 is 8.42 Å². The Labute approximate surface area is 156 Å². The lowest BCUT2D eigenvalue weighted by molar-refractivity contribution is 0.589. The molecule has 7 nitrogen and oxygen atoms in total. The molecule has 2 aromatic carbocycles. The highest BCUT2D eigenvalue weighted by atomic mass is 32.2. The van der Waals surface area contributed by atoms with Crippen LogP contribution in [0.25, 0.3) is 10.9 Å². The standard InChI is InChI=1S/C19H17N5O2S/c1-14-13-23(19(20)22-14)21-12-15-7-8-18-16(11-15)9-10-24(18)27(25,26)17-5-3-2-4-6-17/h2-13H,1H3,(H2,20,22). The first-order valence-electron chi connectivity index (χ1n) is 8.23. The van der Waals surface area contributed by atoms with Gasteiger partial charge in [0.25, 0.3) is 10.0 Å². The Morgan fingerprint density at radius 3 is 2.59 bits per heavy atom. The maximum absolute atomic E-state index is 12.9. The molecule has 4 rings (SSSR count). The molecule has 0 amide bonds. The van der Waals surface area contributed by atoms with Gasteiger partial charge in [-0.3, -0.25) is 0 Å². The number of hydrogen-bond donors (Lipinski definition) is 1. The van der Waals surface area contributed by atoms with Crippen molar-refractivity contribution in [3.05, 3.63) is 78.2 Å². The minimum atomic E-state index is -3.64. The monoisotopic (exact) mass is 379 g/mol. The minimum absolute atomic E-state index is 0.249. The molecule has 2 heterocycles. The normalized spacial score (nSPS) is 12.2. The molecule has 0 unspecified atom stereocenters. The average molecular weight is 379 g/mol. The molecule has 0 aliphatic heterocycles. The lowest BCUT2D eigenvalue weighted by Gasteiger charge is -2.07. The third-order valence-corrected chi connectivity index (χ3v) is 5.85. The van der Waals surface area contributed by atoms with Gasteiger partial charge >= 0.3 is 0 Å². The highest BCUT2D eigenvalue weighted by molar-refractivity contribution is 7.90. The number of nitrogens with two attached hydrogens (primary N) is 1. The molecule has 0 aliphatic carbocycles. The van der Waals surface area contributed by atoms with Crippen molar-refractivity contribution in [1.82, 2.24) is 13.6 Å². The zero-order valence-corrected chi connectivity index (χ0v) is 15.3. The first kappa shape index (κ1) is 17.0. The number of benzene rings is 2. The molecular formula is C19H17N5O2S. The second-order valence-corrected chi connectivity index (χ2v) is 7.89. The molecule has 0 saturated heterocycles. The molecule has 0 bridgehead atoms. The Bertz CT molecular complexity index is 1250. The minimum Gasteiger partial charge on any atom is -0.368 e. The first-order chi connectivity index (χ1) is 12.9. The summed E-state index contributed by atoms with van der Waals surface area (Å²) in [5.74, 6) is 0.310. The largest absolute Gasteiger partial charge is 0.368 e. The molecule has 4 aromatic rings. The van der Waals surface area contributed by atoms with E-state index < -0.39 is 10.0 Å². The highest BCUT2D eigenvalue weighted by Gasteiger charge is 2.18. The van der Waals surface area contributed by atoms with Crippen LogP contribution in [0.3, 0.4) is 0 Å². The zero-order valence-electron chi connectivity index (χ0n) is 14.5. The van der Waals surface area contributed by atoms with Crippen LogP contribution < -0.4 is 5.73 Å². The van der Waals surface area contributed by atoms with E-state index in [0.717, 1.165) is 16.6 Å². The second-order valence-electron chi connectivity index (χ2n) is 6.08. The van der Waals surface area contributed by atoms with E-state index in [9.17, 15) is 8.42 Å². The summed E-state index contributed by atoms with van der Waals surface area (Å²) in [5.41, 5.74) is 7.98. The summed E-state index contributed by atoms with van der Waals surface area (Å²) >= 11 is 0. The van der Waals surface area contributed by atoms with Gasteiger partial charge in [-0.05, 0) is 42.8 Å². The number of fused-ring (bicyclic) bond motifs is 1. The molecular weight excluding hydrogens is 362 g/mol. The lowest BCUT2D eigenvalue weighted by Crippen LogP contribution is -2.11. The number of rotatable bonds is 4. The number of imidazole rings is 1. The van der Waals surface area contributed by atoms with Crippen molar-refractivity contribution in [2.45, 2.75) is 11.8 Å². The highest BCUT2D eigenvalue weighted by Crippen LogP contribution is 2.23. The Hall–Kier alpha value is -3.39. The number of aromatic nitrogens is 3. The number of nitrogen functional groups attached to an aromatic ring is 1. The molecule has 0 radical (unpaired) electrons. The molecule has 0 fully saturated rings. The van der Waals surface area contributed by atoms with Crippen LogP contribution in [-0.4, -0.2) is 28.3 Å². The van der Waals surface area contributed by atoms with Gasteiger partial charge in [0, 0.05) is 11.6 Å². The van der Waals surface area contributed by atoms with E-state index >= 15 is 0 Å². The Morgan fingerprint density at radius 1 is 1.11 bits per heavy atom. The lowest BCUT2D eigenvalue weighted by atomic mass is 10.2. The van der Waals surface area contributed by atoms with Crippen LogP contribution >= 0.6 is 0 Å². The van der Waals surface area contributed by atoms with Gasteiger partial charge in [-0.1, -0.05) is 24.3 Å². The average Bonchev–Trinajstić information content (AvgIpc) is 3.23. The van der Waals surface area contributed by atoms with Crippen molar-refractivity contribution in [1.29, 1.82) is 0 Å². The quantitative estimate of drug-likeness (QED) is 0.552. The van der Waals surface area contributed by atoms with Crippen LogP contribution in [0.1, 0.15) is 11.3 Å². The summed E-state index contributed by atoms with van der Waals surface area (Å²) in [6, 6.07) is 15.6. The summed E-state index contributed by atoms with van der Waals surface area (Å²) < 4.78 is 28.5. The Morgan fingerprint density at radius 2 is 1.89 bits per heavy atom. The topological polar surface area (TPSA) is 95.3 Å². The molecule has 8 heteroatoms. The van der Waals surface area contributed by atoms with Gasteiger partial charge in [-0.15, -0.1) is 0 Å². The van der Waals surface area contributed by atoms with E-state index in [1.54, 1.807) is 61.1 Å². The van der Waals surface area contributed by atoms with E-state index in [0.29, 0.717) is 11.5 Å². The van der Waals surface area contributed by atoms with Crippen molar-refractivity contribution >= 4 is 33.1 Å². The molecule has 0 saturated carbocycles. The smallest absolute Gasteiger partial charge is 0.268 e. The molecule has 136 valence electrons. The van der Waals surface area contributed by atoms with Crippen molar-refractivity contribution in [2.24, 2.45) is 5.10 Å². The third-order valence-electron chi connectivity index (χ3n) is 4.14. The van der Waals surface area contributed by atoms with E-state index in [-0.39, 0.29) is 4.90 Å². The maximum Gasteiger partial charge on any atom is 0.268 e. The first-order valence-corrected chi connectivity index (χ1v) is 9.67. The van der Waals surface area contributed by atoms with Gasteiger partial charge in [0.1, 0.15) is 0 Å². The predicted octanol–water partition coefficient (Wildman–Crippen LogP) is 2.85. The fourth-order valence-electron chi connectivity index (χ4n) is 2.86. The van der Waals surface area contributed by atoms with Crippen LogP contribution in [0, 0.1) is 6.92 Å². The summed E-state index contributed by atoms with van der Waals surface area (Å²) in [7, 11) is -3.64. The van der Waals surface area contributed by atoms with Crippen LogP contribution in [0.15, 0.2) is 77.0 Å². The molecule has 27 heavy (non-hydrogen) atoms. The number of anilines is 1. The fraction of sp³-hybridized carbons (Fsp3) is 0.0526. The van der Waals surface area contributed by atoms with E-state index in [4.69, 9.17) is 5.73 Å².